The number of nitrogens with two attached hydrogens (primary N) is 2. The van der Waals surface area contributed by atoms with E-state index >= 15 is 0 Å². The van der Waals surface area contributed by atoms with Crippen molar-refractivity contribution in [2.45, 2.75) is 25.5 Å². The van der Waals surface area contributed by atoms with Crippen LogP contribution < -0.4 is 25.7 Å². The summed E-state index contributed by atoms with van der Waals surface area (Å²) in [7, 11) is 3.21. The van der Waals surface area contributed by atoms with Crippen molar-refractivity contribution in [3.05, 3.63) is 53.6 Å². The van der Waals surface area contributed by atoms with E-state index in [-0.39, 0.29) is 18.4 Å². The molecule has 0 amide bonds. The highest BCUT2D eigenvalue weighted by molar-refractivity contribution is 5.85. The minimum Gasteiger partial charge on any atom is -0.493 e. The van der Waals surface area contributed by atoms with Gasteiger partial charge in [-0.3, -0.25) is 0 Å². The molecule has 0 aliphatic carbocycles. The Hall–Kier alpha value is -1.95. The Balaban J connectivity index is 0.00000312. The van der Waals surface area contributed by atoms with Gasteiger partial charge in [0, 0.05) is 17.7 Å². The molecule has 5 nitrogen and oxygen atoms in total. The average Bonchev–Trinajstić information content (AvgIpc) is 2.64. The van der Waals surface area contributed by atoms with Crippen molar-refractivity contribution < 1.29 is 14.2 Å². The van der Waals surface area contributed by atoms with Gasteiger partial charge >= 0.3 is 0 Å². The van der Waals surface area contributed by atoms with Gasteiger partial charge in [0.05, 0.1) is 14.2 Å². The molecule has 0 saturated heterocycles. The summed E-state index contributed by atoms with van der Waals surface area (Å²) in [6.07, 6.45) is 1.64. The summed E-state index contributed by atoms with van der Waals surface area (Å²) in [5, 5.41) is 0. The zero-order valence-electron chi connectivity index (χ0n) is 14.7. The zero-order chi connectivity index (χ0) is 17.4. The quantitative estimate of drug-likeness (QED) is 0.710. The van der Waals surface area contributed by atoms with Crippen molar-refractivity contribution >= 4 is 12.4 Å². The van der Waals surface area contributed by atoms with E-state index in [2.05, 4.69) is 0 Å². The summed E-state index contributed by atoms with van der Waals surface area (Å²) in [6, 6.07) is 13.6. The molecule has 2 aromatic rings. The first-order chi connectivity index (χ1) is 11.7. The highest BCUT2D eigenvalue weighted by Gasteiger charge is 2.17. The van der Waals surface area contributed by atoms with E-state index in [4.69, 9.17) is 25.7 Å². The molecule has 0 saturated carbocycles. The Morgan fingerprint density at radius 2 is 1.60 bits per heavy atom. The topological polar surface area (TPSA) is 79.7 Å². The normalized spacial score (nSPS) is 11.4. The molecule has 2 rings (SSSR count). The van der Waals surface area contributed by atoms with Crippen molar-refractivity contribution in [2.75, 3.05) is 20.8 Å². The van der Waals surface area contributed by atoms with Gasteiger partial charge < -0.3 is 25.7 Å². The van der Waals surface area contributed by atoms with Crippen LogP contribution in [0, 0.1) is 0 Å². The van der Waals surface area contributed by atoms with Gasteiger partial charge in [0.2, 0.25) is 0 Å². The largest absolute Gasteiger partial charge is 0.493 e. The zero-order valence-corrected chi connectivity index (χ0v) is 15.6. The van der Waals surface area contributed by atoms with Crippen LogP contribution in [0.1, 0.15) is 30.0 Å². The second kappa shape index (κ2) is 10.8. The van der Waals surface area contributed by atoms with E-state index in [9.17, 15) is 0 Å². The Kier molecular flexibility index (Phi) is 9.13. The Morgan fingerprint density at radius 1 is 0.960 bits per heavy atom. The van der Waals surface area contributed by atoms with Crippen LogP contribution in [0.4, 0.5) is 0 Å². The maximum absolute atomic E-state index is 6.33. The molecule has 138 valence electrons. The Bertz CT molecular complexity index is 638. The average molecular weight is 367 g/mol. The molecule has 0 spiro atoms. The standard InChI is InChI=1S/C19H26N2O3.ClH/c1-22-18-11-15(16(21)9-6-10-20)17(12-19(18)23-2)24-13-14-7-4-3-5-8-14;/h3-5,7-8,11-12,16H,6,9-10,13,20-21H2,1-2H3;1H/t16-;/m1./s1. The van der Waals surface area contributed by atoms with Gasteiger partial charge in [-0.05, 0) is 31.0 Å². The van der Waals surface area contributed by atoms with E-state index in [1.165, 1.54) is 0 Å². The first-order valence-electron chi connectivity index (χ1n) is 8.07. The molecule has 0 unspecified atom stereocenters. The number of methoxy groups -OCH3 is 2. The minimum absolute atomic E-state index is 0. The van der Waals surface area contributed by atoms with E-state index in [0.29, 0.717) is 30.4 Å². The molecule has 0 bridgehead atoms. The maximum Gasteiger partial charge on any atom is 0.164 e. The third kappa shape index (κ3) is 5.81. The van der Waals surface area contributed by atoms with E-state index in [0.717, 1.165) is 24.0 Å². The molecule has 4 N–H and O–H groups in total. The summed E-state index contributed by atoms with van der Waals surface area (Å²) >= 11 is 0. The molecule has 25 heavy (non-hydrogen) atoms. The van der Waals surface area contributed by atoms with Crippen LogP contribution >= 0.6 is 12.4 Å². The molecule has 6 heteroatoms. The molecule has 0 fully saturated rings. The van der Waals surface area contributed by atoms with E-state index < -0.39 is 0 Å². The second-order valence-electron chi connectivity index (χ2n) is 5.56. The van der Waals surface area contributed by atoms with Gasteiger partial charge in [-0.2, -0.15) is 0 Å². The fourth-order valence-electron chi connectivity index (χ4n) is 2.52. The molecular formula is C19H27ClN2O3. The van der Waals surface area contributed by atoms with Gasteiger partial charge in [-0.15, -0.1) is 12.4 Å². The highest BCUT2D eigenvalue weighted by Crippen LogP contribution is 2.38. The van der Waals surface area contributed by atoms with Crippen molar-refractivity contribution in [1.29, 1.82) is 0 Å². The molecule has 0 aliphatic heterocycles. The van der Waals surface area contributed by atoms with Crippen LogP contribution in [-0.4, -0.2) is 20.8 Å². The van der Waals surface area contributed by atoms with Gasteiger partial charge in [-0.25, -0.2) is 0 Å². The smallest absolute Gasteiger partial charge is 0.164 e. The number of benzene rings is 2. The summed E-state index contributed by atoms with van der Waals surface area (Å²) in [6.45, 7) is 1.08. The predicted molar refractivity (Wildman–Crippen MR) is 103 cm³/mol. The fourth-order valence-corrected chi connectivity index (χ4v) is 2.52. The van der Waals surface area contributed by atoms with Gasteiger partial charge in [0.25, 0.3) is 0 Å². The third-order valence-electron chi connectivity index (χ3n) is 3.87. The molecule has 0 aliphatic rings. The monoisotopic (exact) mass is 366 g/mol. The van der Waals surface area contributed by atoms with Crippen LogP contribution in [0.15, 0.2) is 42.5 Å². The van der Waals surface area contributed by atoms with Crippen LogP contribution in [0.5, 0.6) is 17.2 Å². The van der Waals surface area contributed by atoms with Crippen LogP contribution in [0.3, 0.4) is 0 Å². The summed E-state index contributed by atoms with van der Waals surface area (Å²) in [4.78, 5) is 0. The minimum atomic E-state index is -0.167. The Morgan fingerprint density at radius 3 is 2.20 bits per heavy atom. The van der Waals surface area contributed by atoms with Crippen LogP contribution in [0.25, 0.3) is 0 Å². The summed E-state index contributed by atoms with van der Waals surface area (Å²) in [5.41, 5.74) is 13.9. The first kappa shape index (κ1) is 21.1. The number of halogens is 1. The van der Waals surface area contributed by atoms with Crippen molar-refractivity contribution in [3.63, 3.8) is 0 Å². The summed E-state index contributed by atoms with van der Waals surface area (Å²) in [5.74, 6) is 1.97. The lowest BCUT2D eigenvalue weighted by Crippen LogP contribution is -2.14. The highest BCUT2D eigenvalue weighted by atomic mass is 35.5. The number of hydrogen-bond donors (Lipinski definition) is 2. The lowest BCUT2D eigenvalue weighted by molar-refractivity contribution is 0.294. The predicted octanol–water partition coefficient (Wildman–Crippen LogP) is 3.44. The van der Waals surface area contributed by atoms with Gasteiger partial charge in [0.15, 0.2) is 11.5 Å². The number of ether oxygens (including phenoxy) is 3. The fraction of sp³-hybridized carbons (Fsp3) is 0.368. The van der Waals surface area contributed by atoms with Gasteiger partial charge in [-0.1, -0.05) is 30.3 Å². The number of hydrogen-bond acceptors (Lipinski definition) is 5. The van der Waals surface area contributed by atoms with E-state index in [1.807, 2.05) is 42.5 Å². The second-order valence-corrected chi connectivity index (χ2v) is 5.56. The SMILES string of the molecule is COc1cc(OCc2ccccc2)c([C@H](N)CCCN)cc1OC.Cl. The molecule has 0 radical (unpaired) electrons. The molecule has 0 aromatic heterocycles. The maximum atomic E-state index is 6.33. The van der Waals surface area contributed by atoms with Crippen molar-refractivity contribution in [3.8, 4) is 17.2 Å². The van der Waals surface area contributed by atoms with Crippen LogP contribution in [-0.2, 0) is 6.61 Å². The lowest BCUT2D eigenvalue weighted by atomic mass is 10.0. The first-order valence-corrected chi connectivity index (χ1v) is 8.07. The molecular weight excluding hydrogens is 340 g/mol. The van der Waals surface area contributed by atoms with Gasteiger partial charge in [0.1, 0.15) is 12.4 Å². The molecule has 1 atom stereocenters. The van der Waals surface area contributed by atoms with Crippen molar-refractivity contribution in [2.24, 2.45) is 11.5 Å². The summed E-state index contributed by atoms with van der Waals surface area (Å²) < 4.78 is 16.8. The molecule has 2 aromatic carbocycles. The lowest BCUT2D eigenvalue weighted by Gasteiger charge is -2.20. The third-order valence-corrected chi connectivity index (χ3v) is 3.87. The Labute approximate surface area is 155 Å². The van der Waals surface area contributed by atoms with E-state index in [1.54, 1.807) is 14.2 Å². The molecule has 0 heterocycles. The number of rotatable bonds is 9. The van der Waals surface area contributed by atoms with Crippen LogP contribution in [0.2, 0.25) is 0 Å². The van der Waals surface area contributed by atoms with Crippen molar-refractivity contribution in [1.82, 2.24) is 0 Å².